The zero-order chi connectivity index (χ0) is 21.4. The first-order valence-electron chi connectivity index (χ1n) is 6.41. The van der Waals surface area contributed by atoms with Gasteiger partial charge in [-0.05, 0) is 0 Å². The van der Waals surface area contributed by atoms with Gasteiger partial charge in [0.1, 0.15) is 0 Å². The maximum Gasteiger partial charge on any atom is 0.343 e. The average Bonchev–Trinajstić information content (AvgIpc) is 2.34. The van der Waals surface area contributed by atoms with Crippen molar-refractivity contribution in [3.05, 3.63) is 0 Å². The van der Waals surface area contributed by atoms with Crippen molar-refractivity contribution in [2.45, 2.75) is 26.2 Å². The number of nitrogens with zero attached hydrogens (tertiary/aromatic N) is 1. The minimum Gasteiger partial charge on any atom is -0.481 e. The molecule has 0 unspecified atom stereocenters. The molecule has 154 valence electrons. The van der Waals surface area contributed by atoms with Gasteiger partial charge in [0, 0.05) is 20.0 Å². The second-order valence-electron chi connectivity index (χ2n) is 3.95. The molecule has 0 aromatic carbocycles. The van der Waals surface area contributed by atoms with Gasteiger partial charge in [-0.25, -0.2) is 0 Å². The molecule has 0 saturated heterocycles. The molecule has 0 aromatic rings. The second-order valence-corrected chi connectivity index (χ2v) is 7.97. The number of hydrogen-bond donors (Lipinski definition) is 10. The molecule has 0 fully saturated rings. The maximum absolute atomic E-state index is 10.3. The Morgan fingerprint density at radius 3 is 1.28 bits per heavy atom. The number of nitrogens with one attached hydrogen (secondary N) is 1. The van der Waals surface area contributed by atoms with E-state index in [1.165, 1.54) is 5.06 Å². The second kappa shape index (κ2) is 16.4. The summed E-state index contributed by atoms with van der Waals surface area (Å²) in [6.45, 7) is 5.09. The highest BCUT2D eigenvalue weighted by atomic mass is 31.2. The Balaban J connectivity index is -0.000000133. The quantitative estimate of drug-likeness (QED) is 0.104. The Kier molecular flexibility index (Phi) is 20.8. The van der Waals surface area contributed by atoms with Crippen molar-refractivity contribution in [3.8, 4) is 0 Å². The predicted octanol–water partition coefficient (Wildman–Crippen LogP) is -1.69. The summed E-state index contributed by atoms with van der Waals surface area (Å²) in [5.41, 5.74) is 8.94. The Bertz CT molecular complexity index is 406. The molecule has 0 saturated carbocycles. The van der Waals surface area contributed by atoms with Crippen LogP contribution in [0.25, 0.3) is 0 Å². The van der Waals surface area contributed by atoms with Crippen molar-refractivity contribution in [1.82, 2.24) is 5.06 Å². The third-order valence-corrected chi connectivity index (χ3v) is 5.35. The summed E-state index contributed by atoms with van der Waals surface area (Å²) in [6.07, 6.45) is 0. The van der Waals surface area contributed by atoms with Crippen molar-refractivity contribution >= 4 is 27.1 Å². The van der Waals surface area contributed by atoms with Gasteiger partial charge in [0.15, 0.2) is 11.4 Å². The van der Waals surface area contributed by atoms with Crippen LogP contribution < -0.4 is 11.5 Å². The number of carboxylic acid groups (broad SMARTS) is 1. The monoisotopic (exact) mass is 414 g/mol. The van der Waals surface area contributed by atoms with E-state index in [-0.39, 0.29) is 5.96 Å². The van der Waals surface area contributed by atoms with E-state index in [1.54, 1.807) is 0 Å². The molecular weight excluding hydrogens is 386 g/mol. The lowest BCUT2D eigenvalue weighted by molar-refractivity contribution is -0.134. The van der Waals surface area contributed by atoms with Crippen LogP contribution >= 0.6 is 15.2 Å². The van der Waals surface area contributed by atoms with Crippen LogP contribution in [-0.2, 0) is 13.9 Å². The van der Waals surface area contributed by atoms with E-state index in [2.05, 4.69) is 11.5 Å². The van der Waals surface area contributed by atoms with E-state index in [1.807, 2.05) is 13.8 Å². The lowest BCUT2D eigenvalue weighted by atomic mass is 10.6. The maximum atomic E-state index is 10.3. The average molecular weight is 414 g/mol. The number of aliphatic hydroxyl groups is 1. The van der Waals surface area contributed by atoms with Crippen LogP contribution in [0.3, 0.4) is 0 Å². The van der Waals surface area contributed by atoms with Gasteiger partial charge in [0.2, 0.25) is 0 Å². The van der Waals surface area contributed by atoms with E-state index in [0.717, 1.165) is 20.0 Å². The van der Waals surface area contributed by atoms with Crippen LogP contribution in [0.4, 0.5) is 0 Å². The molecule has 0 aromatic heterocycles. The molecule has 0 aliphatic carbocycles. The van der Waals surface area contributed by atoms with Crippen LogP contribution in [0.2, 0.25) is 0 Å². The summed E-state index contributed by atoms with van der Waals surface area (Å²) < 4.78 is 20.5. The zero-order valence-electron chi connectivity index (χ0n) is 14.1. The van der Waals surface area contributed by atoms with E-state index in [4.69, 9.17) is 45.2 Å². The molecule has 0 heterocycles. The van der Waals surface area contributed by atoms with Crippen LogP contribution in [0.5, 0.6) is 0 Å². The number of hydroxylamine groups is 2. The molecule has 16 heteroatoms. The zero-order valence-corrected chi connectivity index (χ0v) is 15.8. The normalized spacial score (nSPS) is 10.5. The molecule has 12 N–H and O–H groups in total. The van der Waals surface area contributed by atoms with Gasteiger partial charge in [-0.2, -0.15) is 5.06 Å². The SMILES string of the molecule is CC(=O)O.CCN(O)CC.N=C(N)N.O=P(O)(O)C(CO)P(=O)(O)O. The largest absolute Gasteiger partial charge is 0.481 e. The van der Waals surface area contributed by atoms with E-state index in [9.17, 15) is 9.13 Å². The first kappa shape index (κ1) is 31.7. The molecule has 0 aliphatic heterocycles. The predicted molar refractivity (Wildman–Crippen MR) is 89.1 cm³/mol. The lowest BCUT2D eigenvalue weighted by Gasteiger charge is -2.16. The van der Waals surface area contributed by atoms with E-state index >= 15 is 0 Å². The highest BCUT2D eigenvalue weighted by Crippen LogP contribution is 2.59. The fraction of sp³-hybridized carbons (Fsp3) is 0.778. The fourth-order valence-electron chi connectivity index (χ4n) is 0.632. The number of aliphatic carboxylic acids is 1. The number of guanidine groups is 1. The molecular formula is C9H28N4O10P2. The molecule has 14 nitrogen and oxygen atoms in total. The molecule has 0 rings (SSSR count). The van der Waals surface area contributed by atoms with Gasteiger partial charge in [-0.1, -0.05) is 13.8 Å². The minimum absolute atomic E-state index is 0.333. The number of carbonyl (C=O) groups is 1. The minimum atomic E-state index is -4.91. The number of aliphatic hydroxyl groups excluding tert-OH is 1. The third-order valence-electron chi connectivity index (χ3n) is 1.67. The van der Waals surface area contributed by atoms with Gasteiger partial charge in [0.25, 0.3) is 5.97 Å². The lowest BCUT2D eigenvalue weighted by Crippen LogP contribution is -2.20. The number of hydrogen-bond acceptors (Lipinski definition) is 7. The standard InChI is InChI=1S/C4H11NO.C2H8O7P2.C2H4O2.CH5N3/c1-3-5(6)4-2;3-1-2(10(4,5)6)11(7,8)9;1-2(3)4;2-1(3)4/h6H,3-4H2,1-2H3;2-3H,1H2,(H2,4,5,6)(H2,7,8,9);1H3,(H,3,4);(H5,2,3,4). The Morgan fingerprint density at radius 2 is 1.28 bits per heavy atom. The number of rotatable bonds is 5. The summed E-state index contributed by atoms with van der Waals surface area (Å²) in [5.74, 6) is -1.17. The first-order valence-corrected chi connectivity index (χ1v) is 9.77. The fourth-order valence-corrected chi connectivity index (χ4v) is 2.63. The van der Waals surface area contributed by atoms with Crippen molar-refractivity contribution in [2.75, 3.05) is 19.7 Å². The molecule has 0 bridgehead atoms. The van der Waals surface area contributed by atoms with Crippen molar-refractivity contribution in [2.24, 2.45) is 11.5 Å². The van der Waals surface area contributed by atoms with Gasteiger partial charge < -0.3 is 46.5 Å². The Labute approximate surface area is 144 Å². The van der Waals surface area contributed by atoms with Crippen molar-refractivity contribution in [3.63, 3.8) is 0 Å². The summed E-state index contributed by atoms with van der Waals surface area (Å²) >= 11 is 0. The highest BCUT2D eigenvalue weighted by molar-refractivity contribution is 7.70. The summed E-state index contributed by atoms with van der Waals surface area (Å²) in [4.78, 5) is 42.1. The number of nitrogens with two attached hydrogens (primary N) is 2. The molecule has 0 spiro atoms. The van der Waals surface area contributed by atoms with E-state index < -0.39 is 33.2 Å². The van der Waals surface area contributed by atoms with Gasteiger partial charge >= 0.3 is 15.2 Å². The van der Waals surface area contributed by atoms with Gasteiger partial charge in [-0.3, -0.25) is 19.3 Å². The van der Waals surface area contributed by atoms with Crippen LogP contribution in [-0.4, -0.2) is 77.1 Å². The summed E-state index contributed by atoms with van der Waals surface area (Å²) in [5, 5.41) is 29.1. The first-order chi connectivity index (χ1) is 11.0. The van der Waals surface area contributed by atoms with Crippen LogP contribution in [0.15, 0.2) is 0 Å². The smallest absolute Gasteiger partial charge is 0.343 e. The topological polar surface area (TPSA) is 272 Å². The van der Waals surface area contributed by atoms with Gasteiger partial charge in [0.05, 0.1) is 6.61 Å². The van der Waals surface area contributed by atoms with Gasteiger partial charge in [-0.15, -0.1) is 0 Å². The molecule has 0 amide bonds. The molecule has 0 aliphatic rings. The molecule has 0 radical (unpaired) electrons. The van der Waals surface area contributed by atoms with Crippen LogP contribution in [0.1, 0.15) is 20.8 Å². The molecule has 0 atom stereocenters. The Hall–Kier alpha value is -1.08. The highest BCUT2D eigenvalue weighted by Gasteiger charge is 2.42. The molecule has 25 heavy (non-hydrogen) atoms. The van der Waals surface area contributed by atoms with Crippen molar-refractivity contribution < 1.29 is 48.9 Å². The van der Waals surface area contributed by atoms with E-state index in [0.29, 0.717) is 0 Å². The summed E-state index contributed by atoms with van der Waals surface area (Å²) in [7, 11) is -9.82. The Morgan fingerprint density at radius 1 is 1.08 bits per heavy atom. The number of carboxylic acids is 1. The summed E-state index contributed by atoms with van der Waals surface area (Å²) in [6, 6.07) is 0. The van der Waals surface area contributed by atoms with Crippen molar-refractivity contribution in [1.29, 1.82) is 5.41 Å². The third kappa shape index (κ3) is 35.0. The van der Waals surface area contributed by atoms with Crippen LogP contribution in [0, 0.1) is 5.41 Å².